The first-order chi connectivity index (χ1) is 6.35. The van der Waals surface area contributed by atoms with Gasteiger partial charge in [-0.3, -0.25) is 0 Å². The van der Waals surface area contributed by atoms with Crippen molar-refractivity contribution in [1.82, 2.24) is 0 Å². The maximum absolute atomic E-state index is 13.1. The van der Waals surface area contributed by atoms with E-state index in [0.29, 0.717) is 0 Å². The van der Waals surface area contributed by atoms with E-state index < -0.39 is 5.54 Å². The molecule has 0 spiro atoms. The van der Waals surface area contributed by atoms with E-state index in [1.54, 1.807) is 6.07 Å². The van der Waals surface area contributed by atoms with Crippen molar-refractivity contribution in [2.24, 2.45) is 11.7 Å². The molecule has 0 aromatic heterocycles. The number of hydrogen-bond donors (Lipinski definition) is 1. The van der Waals surface area contributed by atoms with E-state index >= 15 is 0 Å². The van der Waals surface area contributed by atoms with Crippen LogP contribution in [-0.4, -0.2) is 0 Å². The highest BCUT2D eigenvalue weighted by Gasteiger charge is 2.27. The van der Waals surface area contributed by atoms with Gasteiger partial charge < -0.3 is 5.73 Å². The number of benzene rings is 1. The Morgan fingerprint density at radius 2 is 2.00 bits per heavy atom. The summed E-state index contributed by atoms with van der Waals surface area (Å²) < 4.78 is 13.9. The molecule has 1 atom stereocenters. The van der Waals surface area contributed by atoms with E-state index in [4.69, 9.17) is 5.73 Å². The van der Waals surface area contributed by atoms with E-state index in [-0.39, 0.29) is 11.7 Å². The Kier molecular flexibility index (Phi) is 3.32. The third-order valence-corrected chi connectivity index (χ3v) is 3.40. The zero-order valence-corrected chi connectivity index (χ0v) is 10.2. The van der Waals surface area contributed by atoms with Gasteiger partial charge in [-0.15, -0.1) is 0 Å². The molecular formula is C11H15BrFN. The van der Waals surface area contributed by atoms with Crippen LogP contribution in [0.4, 0.5) is 4.39 Å². The lowest BCUT2D eigenvalue weighted by Crippen LogP contribution is -2.39. The van der Waals surface area contributed by atoms with Gasteiger partial charge in [0, 0.05) is 10.0 Å². The summed E-state index contributed by atoms with van der Waals surface area (Å²) in [7, 11) is 0. The van der Waals surface area contributed by atoms with Crippen molar-refractivity contribution in [3.8, 4) is 0 Å². The molecular weight excluding hydrogens is 245 g/mol. The smallest absolute Gasteiger partial charge is 0.123 e. The average molecular weight is 260 g/mol. The van der Waals surface area contributed by atoms with Gasteiger partial charge in [0.25, 0.3) is 0 Å². The van der Waals surface area contributed by atoms with Gasteiger partial charge in [0.05, 0.1) is 0 Å². The van der Waals surface area contributed by atoms with Crippen LogP contribution < -0.4 is 5.73 Å². The number of nitrogens with two attached hydrogens (primary N) is 1. The Labute approximate surface area is 92.6 Å². The Morgan fingerprint density at radius 3 is 2.50 bits per heavy atom. The summed E-state index contributed by atoms with van der Waals surface area (Å²) in [6.07, 6.45) is 0. The van der Waals surface area contributed by atoms with Gasteiger partial charge in [-0.1, -0.05) is 29.8 Å². The molecule has 0 unspecified atom stereocenters. The summed E-state index contributed by atoms with van der Waals surface area (Å²) in [5, 5.41) is 0. The highest BCUT2D eigenvalue weighted by molar-refractivity contribution is 9.10. The Bertz CT molecular complexity index is 334. The van der Waals surface area contributed by atoms with Crippen molar-refractivity contribution in [2.75, 3.05) is 0 Å². The van der Waals surface area contributed by atoms with Crippen LogP contribution in [-0.2, 0) is 5.54 Å². The molecule has 0 aliphatic rings. The molecule has 1 aromatic rings. The quantitative estimate of drug-likeness (QED) is 0.866. The lowest BCUT2D eigenvalue weighted by Gasteiger charge is -2.30. The van der Waals surface area contributed by atoms with Crippen molar-refractivity contribution >= 4 is 15.9 Å². The van der Waals surface area contributed by atoms with Gasteiger partial charge in [-0.25, -0.2) is 4.39 Å². The minimum absolute atomic E-state index is 0.250. The van der Waals surface area contributed by atoms with Crippen LogP contribution in [0.15, 0.2) is 22.7 Å². The molecule has 0 aliphatic heterocycles. The summed E-state index contributed by atoms with van der Waals surface area (Å²) in [6, 6.07) is 4.60. The zero-order valence-electron chi connectivity index (χ0n) is 8.64. The Hall–Kier alpha value is -0.410. The van der Waals surface area contributed by atoms with Crippen LogP contribution in [0.1, 0.15) is 26.3 Å². The monoisotopic (exact) mass is 259 g/mol. The standard InChI is InChI=1S/C11H15BrFN/c1-7(2)11(3,14)9-6-8(13)4-5-10(9)12/h4-7H,14H2,1-3H3/t11-/m0/s1. The molecule has 0 radical (unpaired) electrons. The average Bonchev–Trinajstić information content (AvgIpc) is 2.08. The molecule has 0 saturated heterocycles. The lowest BCUT2D eigenvalue weighted by molar-refractivity contribution is 0.347. The Balaban J connectivity index is 3.24. The van der Waals surface area contributed by atoms with Gasteiger partial charge >= 0.3 is 0 Å². The zero-order chi connectivity index (χ0) is 10.9. The predicted molar refractivity (Wildman–Crippen MR) is 60.5 cm³/mol. The maximum Gasteiger partial charge on any atom is 0.123 e. The Morgan fingerprint density at radius 1 is 1.43 bits per heavy atom. The molecule has 3 heteroatoms. The SMILES string of the molecule is CC(C)[C@](C)(N)c1cc(F)ccc1Br. The number of rotatable bonds is 2. The largest absolute Gasteiger partial charge is 0.321 e. The molecule has 78 valence electrons. The normalized spacial score (nSPS) is 15.6. The summed E-state index contributed by atoms with van der Waals surface area (Å²) in [6.45, 7) is 5.96. The van der Waals surface area contributed by atoms with E-state index in [2.05, 4.69) is 15.9 Å². The van der Waals surface area contributed by atoms with Crippen LogP contribution >= 0.6 is 15.9 Å². The van der Waals surface area contributed by atoms with Crippen LogP contribution in [0.3, 0.4) is 0 Å². The molecule has 14 heavy (non-hydrogen) atoms. The molecule has 1 nitrogen and oxygen atoms in total. The van der Waals surface area contributed by atoms with Crippen molar-refractivity contribution < 1.29 is 4.39 Å². The van der Waals surface area contributed by atoms with Crippen LogP contribution in [0.5, 0.6) is 0 Å². The first-order valence-electron chi connectivity index (χ1n) is 4.60. The summed E-state index contributed by atoms with van der Waals surface area (Å²) in [5.41, 5.74) is 6.45. The van der Waals surface area contributed by atoms with Crippen molar-refractivity contribution in [3.63, 3.8) is 0 Å². The summed E-state index contributed by atoms with van der Waals surface area (Å²) in [4.78, 5) is 0. The molecule has 0 bridgehead atoms. The second kappa shape index (κ2) is 3.99. The molecule has 1 aromatic carbocycles. The van der Waals surface area contributed by atoms with Gasteiger partial charge in [-0.2, -0.15) is 0 Å². The second-order valence-corrected chi connectivity index (χ2v) is 4.92. The van der Waals surface area contributed by atoms with Gasteiger partial charge in [0.15, 0.2) is 0 Å². The van der Waals surface area contributed by atoms with E-state index in [1.807, 2.05) is 20.8 Å². The van der Waals surface area contributed by atoms with E-state index in [9.17, 15) is 4.39 Å². The molecule has 0 heterocycles. The molecule has 0 aliphatic carbocycles. The van der Waals surface area contributed by atoms with E-state index in [1.165, 1.54) is 12.1 Å². The topological polar surface area (TPSA) is 26.0 Å². The molecule has 2 N–H and O–H groups in total. The minimum Gasteiger partial charge on any atom is -0.321 e. The highest BCUT2D eigenvalue weighted by Crippen LogP contribution is 2.32. The van der Waals surface area contributed by atoms with Crippen LogP contribution in [0.25, 0.3) is 0 Å². The lowest BCUT2D eigenvalue weighted by atomic mass is 9.83. The molecule has 0 amide bonds. The van der Waals surface area contributed by atoms with E-state index in [0.717, 1.165) is 10.0 Å². The summed E-state index contributed by atoms with van der Waals surface area (Å²) in [5.74, 6) is 0.00104. The van der Waals surface area contributed by atoms with Crippen molar-refractivity contribution in [2.45, 2.75) is 26.3 Å². The van der Waals surface area contributed by atoms with Gasteiger partial charge in [0.1, 0.15) is 5.82 Å². The fraction of sp³-hybridized carbons (Fsp3) is 0.455. The van der Waals surface area contributed by atoms with Crippen molar-refractivity contribution in [1.29, 1.82) is 0 Å². The molecule has 0 saturated carbocycles. The van der Waals surface area contributed by atoms with Crippen LogP contribution in [0, 0.1) is 11.7 Å². The highest BCUT2D eigenvalue weighted by atomic mass is 79.9. The first kappa shape index (κ1) is 11.7. The fourth-order valence-corrected chi connectivity index (χ4v) is 1.90. The third-order valence-electron chi connectivity index (χ3n) is 2.71. The maximum atomic E-state index is 13.1. The second-order valence-electron chi connectivity index (χ2n) is 4.06. The third kappa shape index (κ3) is 2.15. The molecule has 0 fully saturated rings. The number of hydrogen-bond acceptors (Lipinski definition) is 1. The van der Waals surface area contributed by atoms with Gasteiger partial charge in [-0.05, 0) is 36.6 Å². The summed E-state index contributed by atoms with van der Waals surface area (Å²) >= 11 is 3.39. The molecule has 1 rings (SSSR count). The minimum atomic E-state index is -0.513. The van der Waals surface area contributed by atoms with Gasteiger partial charge in [0.2, 0.25) is 0 Å². The first-order valence-corrected chi connectivity index (χ1v) is 5.39. The van der Waals surface area contributed by atoms with Crippen LogP contribution in [0.2, 0.25) is 0 Å². The van der Waals surface area contributed by atoms with Crippen molar-refractivity contribution in [3.05, 3.63) is 34.1 Å². The number of halogens is 2. The predicted octanol–water partition coefficient (Wildman–Crippen LogP) is 3.42. The fourth-order valence-electron chi connectivity index (χ4n) is 1.22.